The molecule has 0 bridgehead atoms. The van der Waals surface area contributed by atoms with Gasteiger partial charge in [0.25, 0.3) is 5.56 Å². The fourth-order valence-electron chi connectivity index (χ4n) is 3.54. The Morgan fingerprint density at radius 2 is 1.89 bits per heavy atom. The van der Waals surface area contributed by atoms with Crippen LogP contribution in [0.2, 0.25) is 0 Å². The first-order valence-corrected chi connectivity index (χ1v) is 10.1. The zero-order valence-electron chi connectivity index (χ0n) is 15.7. The van der Waals surface area contributed by atoms with E-state index in [2.05, 4.69) is 0 Å². The van der Waals surface area contributed by atoms with E-state index in [1.165, 1.54) is 15.9 Å². The molecule has 0 saturated carbocycles. The van der Waals surface area contributed by atoms with E-state index in [-0.39, 0.29) is 12.2 Å². The normalized spacial score (nSPS) is 11.2. The highest BCUT2D eigenvalue weighted by Gasteiger charge is 2.24. The predicted molar refractivity (Wildman–Crippen MR) is 115 cm³/mol. The van der Waals surface area contributed by atoms with Gasteiger partial charge in [-0.25, -0.2) is 4.79 Å². The van der Waals surface area contributed by atoms with Crippen LogP contribution in [0.5, 0.6) is 0 Å². The quantitative estimate of drug-likeness (QED) is 0.359. The van der Waals surface area contributed by atoms with Gasteiger partial charge in [-0.1, -0.05) is 18.2 Å². The van der Waals surface area contributed by atoms with E-state index in [1.54, 1.807) is 6.92 Å². The Labute approximate surface area is 170 Å². The molecule has 1 aromatic carbocycles. The Hall–Kier alpha value is -2.77. The maximum atomic E-state index is 13.5. The third-order valence-corrected chi connectivity index (χ3v) is 5.98. The Kier molecular flexibility index (Phi) is 4.64. The van der Waals surface area contributed by atoms with E-state index in [0.29, 0.717) is 30.9 Å². The molecule has 0 aliphatic rings. The zero-order chi connectivity index (χ0) is 20.0. The number of esters is 1. The number of pyridine rings is 1. The SMILES string of the molecule is CCOC(=O)c1c2sc(=S)n(-c3ccccc3)c(=O)c2n2c(C)cc(C)cc12. The second kappa shape index (κ2) is 7.00. The van der Waals surface area contributed by atoms with Gasteiger partial charge in [-0.2, -0.15) is 0 Å². The number of ether oxygens (including phenoxy) is 1. The lowest BCUT2D eigenvalue weighted by Crippen LogP contribution is -2.19. The molecule has 4 rings (SSSR count). The van der Waals surface area contributed by atoms with E-state index in [1.807, 2.05) is 60.7 Å². The highest BCUT2D eigenvalue weighted by molar-refractivity contribution is 7.73. The summed E-state index contributed by atoms with van der Waals surface area (Å²) in [5.74, 6) is -0.442. The second-order valence-electron chi connectivity index (χ2n) is 6.51. The van der Waals surface area contributed by atoms with Crippen molar-refractivity contribution >= 4 is 45.3 Å². The third-order valence-electron chi connectivity index (χ3n) is 4.59. The van der Waals surface area contributed by atoms with Gasteiger partial charge in [0.2, 0.25) is 0 Å². The van der Waals surface area contributed by atoms with Gasteiger partial charge in [-0.15, -0.1) is 11.3 Å². The van der Waals surface area contributed by atoms with Crippen LogP contribution in [0.25, 0.3) is 21.4 Å². The number of fused-ring (bicyclic) bond motifs is 3. The van der Waals surface area contributed by atoms with Crippen LogP contribution >= 0.6 is 23.6 Å². The number of benzene rings is 1. The molecular formula is C21H18N2O3S2. The lowest BCUT2D eigenvalue weighted by molar-refractivity contribution is 0.0531. The minimum absolute atomic E-state index is 0.248. The first kappa shape index (κ1) is 18.6. The summed E-state index contributed by atoms with van der Waals surface area (Å²) < 4.78 is 9.59. The molecule has 0 N–H and O–H groups in total. The number of para-hydroxylation sites is 1. The molecule has 0 radical (unpaired) electrons. The summed E-state index contributed by atoms with van der Waals surface area (Å²) in [5, 5.41) is 0. The smallest absolute Gasteiger partial charge is 0.341 e. The van der Waals surface area contributed by atoms with Crippen LogP contribution in [0.4, 0.5) is 0 Å². The number of nitrogens with zero attached hydrogens (tertiary/aromatic N) is 2. The molecule has 0 amide bonds. The summed E-state index contributed by atoms with van der Waals surface area (Å²) in [6.45, 7) is 5.91. The highest BCUT2D eigenvalue weighted by atomic mass is 32.1. The Morgan fingerprint density at radius 3 is 2.57 bits per heavy atom. The first-order valence-electron chi connectivity index (χ1n) is 8.88. The molecule has 28 heavy (non-hydrogen) atoms. The van der Waals surface area contributed by atoms with Crippen LogP contribution in [-0.2, 0) is 4.74 Å². The van der Waals surface area contributed by atoms with Crippen LogP contribution in [0.1, 0.15) is 28.5 Å². The molecule has 4 aromatic rings. The Balaban J connectivity index is 2.24. The molecule has 0 fully saturated rings. The van der Waals surface area contributed by atoms with Crippen LogP contribution < -0.4 is 5.56 Å². The van der Waals surface area contributed by atoms with E-state index >= 15 is 0 Å². The number of aryl methyl sites for hydroxylation is 2. The largest absolute Gasteiger partial charge is 0.462 e. The maximum absolute atomic E-state index is 13.5. The summed E-state index contributed by atoms with van der Waals surface area (Å²) in [7, 11) is 0. The lowest BCUT2D eigenvalue weighted by atomic mass is 10.2. The van der Waals surface area contributed by atoms with Gasteiger partial charge in [0.05, 0.1) is 22.5 Å². The summed E-state index contributed by atoms with van der Waals surface area (Å²) in [4.78, 5) is 26.3. The molecule has 3 aromatic heterocycles. The molecule has 0 spiro atoms. The fourth-order valence-corrected chi connectivity index (χ4v) is 4.99. The zero-order valence-corrected chi connectivity index (χ0v) is 17.3. The molecule has 0 unspecified atom stereocenters. The van der Waals surface area contributed by atoms with Crippen LogP contribution in [-0.4, -0.2) is 21.5 Å². The molecule has 0 saturated heterocycles. The Bertz CT molecular complexity index is 1350. The van der Waals surface area contributed by atoms with E-state index in [0.717, 1.165) is 11.3 Å². The van der Waals surface area contributed by atoms with E-state index in [4.69, 9.17) is 17.0 Å². The molecule has 5 nitrogen and oxygen atoms in total. The topological polar surface area (TPSA) is 52.7 Å². The summed E-state index contributed by atoms with van der Waals surface area (Å²) >= 11 is 6.80. The summed E-state index contributed by atoms with van der Waals surface area (Å²) in [5.41, 5.74) is 3.84. The predicted octanol–water partition coefficient (Wildman–Crippen LogP) is 4.83. The number of aromatic nitrogens is 2. The second-order valence-corrected chi connectivity index (χ2v) is 8.16. The number of carbonyl (C=O) groups is 1. The maximum Gasteiger partial charge on any atom is 0.341 e. The average Bonchev–Trinajstić information content (AvgIpc) is 2.97. The molecule has 0 atom stereocenters. The van der Waals surface area contributed by atoms with Crippen LogP contribution in [0, 0.1) is 17.8 Å². The van der Waals surface area contributed by atoms with Gasteiger partial charge in [0, 0.05) is 5.69 Å². The van der Waals surface area contributed by atoms with Crippen molar-refractivity contribution in [3.05, 3.63) is 73.6 Å². The highest BCUT2D eigenvalue weighted by Crippen LogP contribution is 2.31. The number of hydrogen-bond donors (Lipinski definition) is 0. The fraction of sp³-hybridized carbons (Fsp3) is 0.190. The van der Waals surface area contributed by atoms with Crippen molar-refractivity contribution in [2.75, 3.05) is 6.61 Å². The Morgan fingerprint density at radius 1 is 1.18 bits per heavy atom. The van der Waals surface area contributed by atoms with Crippen molar-refractivity contribution in [2.24, 2.45) is 0 Å². The van der Waals surface area contributed by atoms with Gasteiger partial charge in [0.15, 0.2) is 3.95 Å². The van der Waals surface area contributed by atoms with Crippen molar-refractivity contribution in [2.45, 2.75) is 20.8 Å². The summed E-state index contributed by atoms with van der Waals surface area (Å²) in [6.07, 6.45) is 0. The minimum atomic E-state index is -0.442. The van der Waals surface area contributed by atoms with Gasteiger partial charge in [-0.3, -0.25) is 9.36 Å². The van der Waals surface area contributed by atoms with Gasteiger partial charge in [-0.05, 0) is 62.8 Å². The number of rotatable bonds is 3. The average molecular weight is 411 g/mol. The van der Waals surface area contributed by atoms with Crippen molar-refractivity contribution in [3.63, 3.8) is 0 Å². The standard InChI is InChI=1S/C21H18N2O3S2/c1-4-26-20(25)16-15-11-12(2)10-13(3)22(15)17-18(16)28-21(27)23(19(17)24)14-8-6-5-7-9-14/h5-11H,4H2,1-3H3. The number of carbonyl (C=O) groups excluding carboxylic acids is 1. The summed E-state index contributed by atoms with van der Waals surface area (Å²) in [6, 6.07) is 13.2. The van der Waals surface area contributed by atoms with E-state index in [9.17, 15) is 9.59 Å². The van der Waals surface area contributed by atoms with Crippen LogP contribution in [0.3, 0.4) is 0 Å². The molecular weight excluding hydrogens is 392 g/mol. The number of hydrogen-bond acceptors (Lipinski definition) is 5. The molecule has 0 aliphatic heterocycles. The van der Waals surface area contributed by atoms with Gasteiger partial charge < -0.3 is 9.14 Å². The minimum Gasteiger partial charge on any atom is -0.462 e. The lowest BCUT2D eigenvalue weighted by Gasteiger charge is -2.07. The van der Waals surface area contributed by atoms with E-state index < -0.39 is 5.97 Å². The van der Waals surface area contributed by atoms with Crippen molar-refractivity contribution in [1.82, 2.24) is 8.97 Å². The third kappa shape index (κ3) is 2.78. The van der Waals surface area contributed by atoms with Crippen LogP contribution in [0.15, 0.2) is 47.3 Å². The van der Waals surface area contributed by atoms with Gasteiger partial charge >= 0.3 is 5.97 Å². The van der Waals surface area contributed by atoms with Crippen molar-refractivity contribution < 1.29 is 9.53 Å². The first-order chi connectivity index (χ1) is 13.4. The monoisotopic (exact) mass is 410 g/mol. The molecule has 142 valence electrons. The van der Waals surface area contributed by atoms with Crippen molar-refractivity contribution in [1.29, 1.82) is 0 Å². The molecule has 7 heteroatoms. The van der Waals surface area contributed by atoms with Crippen molar-refractivity contribution in [3.8, 4) is 5.69 Å². The van der Waals surface area contributed by atoms with Gasteiger partial charge in [0.1, 0.15) is 11.1 Å². The molecule has 3 heterocycles. The molecule has 0 aliphatic carbocycles.